The highest BCUT2D eigenvalue weighted by molar-refractivity contribution is 5.70. The monoisotopic (exact) mass is 315 g/mol. The average molecular weight is 315 g/mol. The summed E-state index contributed by atoms with van der Waals surface area (Å²) in [7, 11) is 1.02. The fraction of sp³-hybridized carbons (Fsp3) is 0.417. The molecule has 1 aromatic carbocycles. The number of methoxy groups -OCH3 is 1. The maximum Gasteiger partial charge on any atom is 0.416 e. The first-order valence-corrected chi connectivity index (χ1v) is 5.57. The Hall–Kier alpha value is -1.77. The molecule has 118 valence electrons. The number of rotatable bonds is 3. The van der Waals surface area contributed by atoms with Gasteiger partial charge in [-0.05, 0) is 17.7 Å². The van der Waals surface area contributed by atoms with Crippen molar-refractivity contribution in [3.8, 4) is 0 Å². The third-order valence-corrected chi connectivity index (χ3v) is 2.70. The fourth-order valence-corrected chi connectivity index (χ4v) is 1.67. The highest BCUT2D eigenvalue weighted by atomic mass is 19.4. The van der Waals surface area contributed by atoms with Crippen molar-refractivity contribution in [3.05, 3.63) is 34.9 Å². The first-order chi connectivity index (χ1) is 9.46. The summed E-state index contributed by atoms with van der Waals surface area (Å²) in [5, 5.41) is 0. The average Bonchev–Trinajstić information content (AvgIpc) is 2.35. The Bertz CT molecular complexity index is 523. The molecule has 1 rings (SSSR count). The van der Waals surface area contributed by atoms with Gasteiger partial charge >= 0.3 is 18.3 Å². The summed E-state index contributed by atoms with van der Waals surface area (Å²) in [6.07, 6.45) is -10.5. The lowest BCUT2D eigenvalue weighted by molar-refractivity contribution is -0.145. The van der Waals surface area contributed by atoms with Crippen molar-refractivity contribution in [2.24, 2.45) is 5.73 Å². The van der Waals surface area contributed by atoms with Crippen LogP contribution in [0, 0.1) is 0 Å². The minimum atomic E-state index is -5.02. The SMILES string of the molecule is COC(=O)C[C@@H](N)c1ccc(C(F)(F)F)cc1C(F)(F)F. The number of carbonyl (C=O) groups excluding carboxylic acids is 1. The molecule has 0 spiro atoms. The Morgan fingerprint density at radius 2 is 1.76 bits per heavy atom. The predicted molar refractivity (Wildman–Crippen MR) is 60.0 cm³/mol. The van der Waals surface area contributed by atoms with Crippen molar-refractivity contribution >= 4 is 5.97 Å². The Kier molecular flexibility index (Phi) is 4.87. The standard InChI is InChI=1S/C12H11F6NO2/c1-21-10(20)5-9(19)7-3-2-6(11(13,14)15)4-8(7)12(16,17)18/h2-4,9H,5,19H2,1H3/t9-/m1/s1. The molecule has 0 amide bonds. The molecule has 0 unspecified atom stereocenters. The van der Waals surface area contributed by atoms with Crippen molar-refractivity contribution in [1.29, 1.82) is 0 Å². The van der Waals surface area contributed by atoms with E-state index in [0.717, 1.165) is 7.11 Å². The molecule has 0 saturated heterocycles. The van der Waals surface area contributed by atoms with Crippen molar-refractivity contribution in [2.75, 3.05) is 7.11 Å². The third kappa shape index (κ3) is 4.35. The van der Waals surface area contributed by atoms with Crippen LogP contribution in [0.3, 0.4) is 0 Å². The van der Waals surface area contributed by atoms with Crippen LogP contribution in [-0.2, 0) is 21.9 Å². The van der Waals surface area contributed by atoms with E-state index in [1.807, 2.05) is 0 Å². The predicted octanol–water partition coefficient (Wildman–Crippen LogP) is 3.29. The molecular formula is C12H11F6NO2. The van der Waals surface area contributed by atoms with Crippen LogP contribution in [0.15, 0.2) is 18.2 Å². The van der Waals surface area contributed by atoms with Gasteiger partial charge in [0.25, 0.3) is 0 Å². The highest BCUT2D eigenvalue weighted by Crippen LogP contribution is 2.39. The smallest absolute Gasteiger partial charge is 0.416 e. The lowest BCUT2D eigenvalue weighted by atomic mass is 9.96. The van der Waals surface area contributed by atoms with Crippen LogP contribution in [0.4, 0.5) is 26.3 Å². The zero-order valence-electron chi connectivity index (χ0n) is 10.7. The molecule has 0 heterocycles. The van der Waals surface area contributed by atoms with Crippen LogP contribution < -0.4 is 5.73 Å². The van der Waals surface area contributed by atoms with Gasteiger partial charge in [-0.1, -0.05) is 6.07 Å². The molecule has 0 fully saturated rings. The summed E-state index contributed by atoms with van der Waals surface area (Å²) in [5.41, 5.74) is 1.89. The Balaban J connectivity index is 3.29. The zero-order chi connectivity index (χ0) is 16.4. The van der Waals surface area contributed by atoms with Crippen molar-refractivity contribution in [1.82, 2.24) is 0 Å². The summed E-state index contributed by atoms with van der Waals surface area (Å²) >= 11 is 0. The summed E-state index contributed by atoms with van der Waals surface area (Å²) in [4.78, 5) is 11.0. The van der Waals surface area contributed by atoms with E-state index in [4.69, 9.17) is 5.73 Å². The number of carbonyl (C=O) groups is 1. The van der Waals surface area contributed by atoms with Gasteiger partial charge in [0, 0.05) is 6.04 Å². The number of alkyl halides is 6. The van der Waals surface area contributed by atoms with E-state index in [9.17, 15) is 31.1 Å². The number of esters is 1. The summed E-state index contributed by atoms with van der Waals surface area (Å²) in [6, 6.07) is -0.329. The topological polar surface area (TPSA) is 52.3 Å². The molecule has 2 N–H and O–H groups in total. The number of halogens is 6. The van der Waals surface area contributed by atoms with E-state index >= 15 is 0 Å². The van der Waals surface area contributed by atoms with Crippen LogP contribution in [0.1, 0.15) is 29.2 Å². The van der Waals surface area contributed by atoms with E-state index in [1.165, 1.54) is 0 Å². The van der Waals surface area contributed by atoms with Crippen LogP contribution in [0.5, 0.6) is 0 Å². The number of nitrogens with two attached hydrogens (primary N) is 1. The van der Waals surface area contributed by atoms with Gasteiger partial charge in [0.2, 0.25) is 0 Å². The van der Waals surface area contributed by atoms with Crippen molar-refractivity contribution in [3.63, 3.8) is 0 Å². The van der Waals surface area contributed by atoms with Crippen LogP contribution in [-0.4, -0.2) is 13.1 Å². The second kappa shape index (κ2) is 5.92. The molecule has 3 nitrogen and oxygen atoms in total. The number of ether oxygens (including phenoxy) is 1. The largest absolute Gasteiger partial charge is 0.469 e. The number of benzene rings is 1. The molecule has 0 radical (unpaired) electrons. The molecule has 0 saturated carbocycles. The summed E-state index contributed by atoms with van der Waals surface area (Å²) < 4.78 is 80.3. The fourth-order valence-electron chi connectivity index (χ4n) is 1.67. The van der Waals surface area contributed by atoms with Gasteiger partial charge in [-0.25, -0.2) is 0 Å². The van der Waals surface area contributed by atoms with Gasteiger partial charge in [0.05, 0.1) is 24.7 Å². The highest BCUT2D eigenvalue weighted by Gasteiger charge is 2.39. The molecule has 1 atom stereocenters. The second-order valence-electron chi connectivity index (χ2n) is 4.18. The van der Waals surface area contributed by atoms with Gasteiger partial charge in [0.1, 0.15) is 0 Å². The van der Waals surface area contributed by atoms with Crippen molar-refractivity contribution in [2.45, 2.75) is 24.8 Å². The molecule has 1 aromatic rings. The van der Waals surface area contributed by atoms with Gasteiger partial charge in [-0.15, -0.1) is 0 Å². The second-order valence-corrected chi connectivity index (χ2v) is 4.18. The van der Waals surface area contributed by atoms with E-state index in [2.05, 4.69) is 4.74 Å². The van der Waals surface area contributed by atoms with E-state index in [-0.39, 0.29) is 6.07 Å². The number of hydrogen-bond donors (Lipinski definition) is 1. The summed E-state index contributed by atoms with van der Waals surface area (Å²) in [5.74, 6) is -0.865. The quantitative estimate of drug-likeness (QED) is 0.688. The molecule has 0 aliphatic rings. The maximum atomic E-state index is 12.9. The van der Waals surface area contributed by atoms with Gasteiger partial charge in [-0.2, -0.15) is 26.3 Å². The number of hydrogen-bond acceptors (Lipinski definition) is 3. The summed E-state index contributed by atoms with van der Waals surface area (Å²) in [6.45, 7) is 0. The molecule has 21 heavy (non-hydrogen) atoms. The first kappa shape index (κ1) is 17.3. The van der Waals surface area contributed by atoms with Crippen molar-refractivity contribution < 1.29 is 35.9 Å². The van der Waals surface area contributed by atoms with Gasteiger partial charge in [0.15, 0.2) is 0 Å². The Morgan fingerprint density at radius 3 is 2.19 bits per heavy atom. The van der Waals surface area contributed by atoms with Gasteiger partial charge < -0.3 is 10.5 Å². The third-order valence-electron chi connectivity index (χ3n) is 2.70. The normalized spacial score (nSPS) is 13.9. The minimum absolute atomic E-state index is 0.0214. The molecule has 0 aliphatic heterocycles. The molecular weight excluding hydrogens is 304 g/mol. The van der Waals surface area contributed by atoms with Crippen LogP contribution in [0.2, 0.25) is 0 Å². The molecule has 0 bridgehead atoms. The van der Waals surface area contributed by atoms with E-state index < -0.39 is 47.5 Å². The Labute approximate surface area is 115 Å². The van der Waals surface area contributed by atoms with E-state index in [0.29, 0.717) is 12.1 Å². The molecule has 0 aliphatic carbocycles. The minimum Gasteiger partial charge on any atom is -0.469 e. The lowest BCUT2D eigenvalue weighted by Gasteiger charge is -2.19. The van der Waals surface area contributed by atoms with Crippen LogP contribution >= 0.6 is 0 Å². The molecule has 9 heteroatoms. The lowest BCUT2D eigenvalue weighted by Crippen LogP contribution is -2.22. The van der Waals surface area contributed by atoms with E-state index in [1.54, 1.807) is 0 Å². The molecule has 0 aromatic heterocycles. The first-order valence-electron chi connectivity index (χ1n) is 5.57. The maximum absolute atomic E-state index is 12.9. The van der Waals surface area contributed by atoms with Crippen LogP contribution in [0.25, 0.3) is 0 Å². The Morgan fingerprint density at radius 1 is 1.19 bits per heavy atom. The zero-order valence-corrected chi connectivity index (χ0v) is 10.7. The van der Waals surface area contributed by atoms with Gasteiger partial charge in [-0.3, -0.25) is 4.79 Å².